The molecule has 0 bridgehead atoms. The second kappa shape index (κ2) is 7.42. The minimum Gasteiger partial charge on any atom is -0.384 e. The van der Waals surface area contributed by atoms with Crippen molar-refractivity contribution >= 4 is 0 Å². The van der Waals surface area contributed by atoms with Crippen molar-refractivity contribution in [3.05, 3.63) is 72.4 Å². The predicted octanol–water partition coefficient (Wildman–Crippen LogP) is 4.66. The zero-order valence-corrected chi connectivity index (χ0v) is 12.4. The summed E-state index contributed by atoms with van der Waals surface area (Å²) in [6, 6.07) is 17.3. The molecule has 2 rings (SSSR count). The third-order valence-electron chi connectivity index (χ3n) is 2.80. The minimum absolute atomic E-state index is 1.29. The molecule has 0 amide bonds. The third kappa shape index (κ3) is 5.43. The van der Waals surface area contributed by atoms with E-state index in [0.717, 1.165) is 0 Å². The first kappa shape index (κ1) is 15.0. The molecule has 100 valence electrons. The summed E-state index contributed by atoms with van der Waals surface area (Å²) in [7, 11) is 3.88. The average molecular weight is 253 g/mol. The molecule has 0 aliphatic heterocycles. The third-order valence-corrected chi connectivity index (χ3v) is 2.80. The van der Waals surface area contributed by atoms with Crippen LogP contribution in [0, 0.1) is 13.8 Å². The van der Waals surface area contributed by atoms with Crippen molar-refractivity contribution in [2.75, 3.05) is 14.1 Å². The van der Waals surface area contributed by atoms with Crippen LogP contribution in [0.25, 0.3) is 11.1 Å². The van der Waals surface area contributed by atoms with Crippen LogP contribution in [0.4, 0.5) is 0 Å². The lowest BCUT2D eigenvalue weighted by atomic mass is 10.0. The summed E-state index contributed by atoms with van der Waals surface area (Å²) in [6.07, 6.45) is 1.75. The molecule has 0 saturated heterocycles. The van der Waals surface area contributed by atoms with Gasteiger partial charge >= 0.3 is 0 Å². The van der Waals surface area contributed by atoms with E-state index in [4.69, 9.17) is 0 Å². The number of benzene rings is 2. The fourth-order valence-corrected chi connectivity index (χ4v) is 1.49. The SMILES string of the molecule is C=CN(C)C.Cc1ccc(-c2ccc(C)cc2)cc1. The Balaban J connectivity index is 0.000000312. The lowest BCUT2D eigenvalue weighted by Gasteiger charge is -2.02. The standard InChI is InChI=1S/C14H14.C4H9N/c1-11-3-7-13(8-4-11)14-9-5-12(2)6-10-14;1-4-5(2)3/h3-10H,1-2H3;4H,1H2,2-3H3. The molecule has 2 aromatic carbocycles. The van der Waals surface area contributed by atoms with Gasteiger partial charge in [-0.3, -0.25) is 0 Å². The van der Waals surface area contributed by atoms with Crippen LogP contribution in [0.2, 0.25) is 0 Å². The first-order valence-electron chi connectivity index (χ1n) is 6.45. The van der Waals surface area contributed by atoms with Crippen LogP contribution in [0.15, 0.2) is 61.3 Å². The second-order valence-electron chi connectivity index (χ2n) is 4.88. The fourth-order valence-electron chi connectivity index (χ4n) is 1.49. The Hall–Kier alpha value is -2.02. The first-order chi connectivity index (χ1) is 9.02. The Morgan fingerprint density at radius 3 is 1.21 bits per heavy atom. The molecule has 1 nitrogen and oxygen atoms in total. The van der Waals surface area contributed by atoms with Gasteiger partial charge in [0.05, 0.1) is 0 Å². The van der Waals surface area contributed by atoms with Crippen LogP contribution >= 0.6 is 0 Å². The Bertz CT molecular complexity index is 449. The maximum absolute atomic E-state index is 3.49. The Kier molecular flexibility index (Phi) is 5.87. The van der Waals surface area contributed by atoms with Gasteiger partial charge in [-0.1, -0.05) is 66.2 Å². The molecule has 1 heteroatoms. The lowest BCUT2D eigenvalue weighted by molar-refractivity contribution is 0.566. The molecule has 0 unspecified atom stereocenters. The molecule has 0 N–H and O–H groups in total. The summed E-state index contributed by atoms with van der Waals surface area (Å²) in [5.41, 5.74) is 5.19. The Labute approximate surface area is 117 Å². The number of aryl methyl sites for hydroxylation is 2. The van der Waals surface area contributed by atoms with Gasteiger partial charge in [0.1, 0.15) is 0 Å². The van der Waals surface area contributed by atoms with Gasteiger partial charge in [0.25, 0.3) is 0 Å². The van der Waals surface area contributed by atoms with Gasteiger partial charge in [-0.2, -0.15) is 0 Å². The predicted molar refractivity (Wildman–Crippen MR) is 85.2 cm³/mol. The molecule has 0 aromatic heterocycles. The number of hydrogen-bond donors (Lipinski definition) is 0. The number of rotatable bonds is 2. The van der Waals surface area contributed by atoms with E-state index in [1.807, 2.05) is 19.0 Å². The molecule has 0 atom stereocenters. The van der Waals surface area contributed by atoms with Gasteiger partial charge in [0.15, 0.2) is 0 Å². The van der Waals surface area contributed by atoms with E-state index in [1.165, 1.54) is 22.3 Å². The van der Waals surface area contributed by atoms with Gasteiger partial charge < -0.3 is 4.90 Å². The molecule has 0 aliphatic carbocycles. The highest BCUT2D eigenvalue weighted by molar-refractivity contribution is 5.63. The summed E-state index contributed by atoms with van der Waals surface area (Å²) in [4.78, 5) is 1.89. The first-order valence-corrected chi connectivity index (χ1v) is 6.45. The van der Waals surface area contributed by atoms with Crippen LogP contribution in [0.1, 0.15) is 11.1 Å². The van der Waals surface area contributed by atoms with Gasteiger partial charge in [-0.05, 0) is 31.2 Å². The topological polar surface area (TPSA) is 3.24 Å². The Morgan fingerprint density at radius 2 is 1.00 bits per heavy atom. The maximum atomic E-state index is 3.49. The zero-order valence-electron chi connectivity index (χ0n) is 12.4. The molecule has 19 heavy (non-hydrogen) atoms. The summed E-state index contributed by atoms with van der Waals surface area (Å²) >= 11 is 0. The normalized spacial score (nSPS) is 9.26. The van der Waals surface area contributed by atoms with Crippen molar-refractivity contribution in [3.8, 4) is 11.1 Å². The summed E-state index contributed by atoms with van der Waals surface area (Å²) in [5.74, 6) is 0. The largest absolute Gasteiger partial charge is 0.384 e. The molecule has 0 fully saturated rings. The van der Waals surface area contributed by atoms with Crippen molar-refractivity contribution in [2.24, 2.45) is 0 Å². The highest BCUT2D eigenvalue weighted by Gasteiger charge is 1.95. The van der Waals surface area contributed by atoms with Gasteiger partial charge in [0, 0.05) is 14.1 Å². The molecule has 0 radical (unpaired) electrons. The quantitative estimate of drug-likeness (QED) is 0.752. The highest BCUT2D eigenvalue weighted by Crippen LogP contribution is 2.19. The van der Waals surface area contributed by atoms with Crippen molar-refractivity contribution in [2.45, 2.75) is 13.8 Å². The summed E-state index contributed by atoms with van der Waals surface area (Å²) < 4.78 is 0. The highest BCUT2D eigenvalue weighted by atomic mass is 15.0. The number of nitrogens with zero attached hydrogens (tertiary/aromatic N) is 1. The zero-order chi connectivity index (χ0) is 14.3. The minimum atomic E-state index is 1.29. The average Bonchev–Trinajstić information content (AvgIpc) is 2.41. The summed E-state index contributed by atoms with van der Waals surface area (Å²) in [5, 5.41) is 0. The molecule has 2 aromatic rings. The van der Waals surface area contributed by atoms with Crippen molar-refractivity contribution < 1.29 is 0 Å². The van der Waals surface area contributed by atoms with Crippen LogP contribution in [-0.4, -0.2) is 19.0 Å². The molecular formula is C18H23N. The van der Waals surface area contributed by atoms with Gasteiger partial charge in [0.2, 0.25) is 0 Å². The van der Waals surface area contributed by atoms with E-state index in [2.05, 4.69) is 69.0 Å². The van der Waals surface area contributed by atoms with Crippen LogP contribution in [0.5, 0.6) is 0 Å². The smallest absolute Gasteiger partial charge is 0.00554 e. The van der Waals surface area contributed by atoms with Crippen molar-refractivity contribution in [1.82, 2.24) is 4.90 Å². The molecule has 0 saturated carbocycles. The van der Waals surface area contributed by atoms with E-state index >= 15 is 0 Å². The van der Waals surface area contributed by atoms with E-state index in [9.17, 15) is 0 Å². The molecule has 0 aliphatic rings. The molecule has 0 heterocycles. The Morgan fingerprint density at radius 1 is 0.737 bits per heavy atom. The monoisotopic (exact) mass is 253 g/mol. The second-order valence-corrected chi connectivity index (χ2v) is 4.88. The fraction of sp³-hybridized carbons (Fsp3) is 0.222. The number of hydrogen-bond acceptors (Lipinski definition) is 1. The van der Waals surface area contributed by atoms with Crippen LogP contribution in [-0.2, 0) is 0 Å². The van der Waals surface area contributed by atoms with E-state index in [-0.39, 0.29) is 0 Å². The van der Waals surface area contributed by atoms with Crippen molar-refractivity contribution in [3.63, 3.8) is 0 Å². The summed E-state index contributed by atoms with van der Waals surface area (Å²) in [6.45, 7) is 7.71. The van der Waals surface area contributed by atoms with Crippen LogP contribution < -0.4 is 0 Å². The van der Waals surface area contributed by atoms with Crippen LogP contribution in [0.3, 0.4) is 0 Å². The van der Waals surface area contributed by atoms with E-state index in [0.29, 0.717) is 0 Å². The maximum Gasteiger partial charge on any atom is 0.00554 e. The van der Waals surface area contributed by atoms with Gasteiger partial charge in [-0.15, -0.1) is 0 Å². The molecular weight excluding hydrogens is 230 g/mol. The lowest BCUT2D eigenvalue weighted by Crippen LogP contribution is -1.97. The van der Waals surface area contributed by atoms with E-state index < -0.39 is 0 Å². The molecule has 0 spiro atoms. The van der Waals surface area contributed by atoms with E-state index in [1.54, 1.807) is 6.20 Å². The van der Waals surface area contributed by atoms with Crippen molar-refractivity contribution in [1.29, 1.82) is 0 Å². The van der Waals surface area contributed by atoms with Gasteiger partial charge in [-0.25, -0.2) is 0 Å².